The lowest BCUT2D eigenvalue weighted by atomic mass is 10.3. The number of rotatable bonds is 25. The number of aryl methyl sites for hydroxylation is 5. The molecule has 0 aliphatic rings. The van der Waals surface area contributed by atoms with Crippen molar-refractivity contribution in [3.8, 4) is 0 Å². The molecule has 364 valence electrons. The number of anilines is 5. The maximum absolute atomic E-state index is 13.2. The highest BCUT2D eigenvalue weighted by atomic mass is 16.5. The van der Waals surface area contributed by atoms with Crippen molar-refractivity contribution in [2.45, 2.75) is 38.5 Å². The van der Waals surface area contributed by atoms with Gasteiger partial charge in [-0.2, -0.15) is 0 Å². The highest BCUT2D eigenvalue weighted by molar-refractivity contribution is 6.04. The van der Waals surface area contributed by atoms with E-state index in [2.05, 4.69) is 57.5 Å². The van der Waals surface area contributed by atoms with Crippen LogP contribution < -0.4 is 48.3 Å². The van der Waals surface area contributed by atoms with E-state index in [-0.39, 0.29) is 85.2 Å². The Hall–Kier alpha value is -8.13. The summed E-state index contributed by atoms with van der Waals surface area (Å²) in [7, 11) is 8.11. The monoisotopic (exact) mass is 943 g/mol. The molecule has 0 fully saturated rings. The van der Waals surface area contributed by atoms with Crippen LogP contribution in [-0.2, 0) is 59.2 Å². The standard InChI is InChI=1S/C42H57N17O9/c1-55-17-16-45-36(55)41(66)49-27-21-31(57(3)23-27)54-34(62)9-8-33(61)50-29-25-59(5)38(53-29)42(67)48-26-20-28(56(2)22-26)39(64)46-15-11-35(63)51-30-24-58(4)37(52-30)40(65)47-14-10-32(60)44-13-7-19-68-18-6-12-43/h16-17,20-25H,6-15,18-19,43H2,1-5H3,(H,44,60)(H,46,64)(H,47,65)(H,48,67)(H,49,66)(H,50,61)(H,51,63)(H,54,62). The minimum Gasteiger partial charge on any atom is -0.381 e. The minimum atomic E-state index is -0.634. The first kappa shape index (κ1) is 50.9. The number of nitrogens with zero attached hydrogens (tertiary/aromatic N) is 8. The first-order valence-corrected chi connectivity index (χ1v) is 21.5. The van der Waals surface area contributed by atoms with Crippen molar-refractivity contribution in [3.05, 3.63) is 72.5 Å². The summed E-state index contributed by atoms with van der Waals surface area (Å²) >= 11 is 0. The molecule has 0 saturated carbocycles. The summed E-state index contributed by atoms with van der Waals surface area (Å²) in [4.78, 5) is 114. The van der Waals surface area contributed by atoms with Crippen LogP contribution >= 0.6 is 0 Å². The molecule has 5 rings (SSSR count). The van der Waals surface area contributed by atoms with Crippen LogP contribution in [0.2, 0.25) is 0 Å². The molecule has 0 radical (unpaired) electrons. The van der Waals surface area contributed by atoms with E-state index in [4.69, 9.17) is 10.5 Å². The van der Waals surface area contributed by atoms with E-state index in [1.165, 1.54) is 44.6 Å². The average Bonchev–Trinajstić information content (AvgIpc) is 4.12. The van der Waals surface area contributed by atoms with Crippen LogP contribution in [0.25, 0.3) is 0 Å². The smallest absolute Gasteiger partial charge is 0.291 e. The van der Waals surface area contributed by atoms with Crippen LogP contribution in [0.5, 0.6) is 0 Å². The SMILES string of the molecule is Cn1cc(NC(=O)c2nccn2C)cc1NC(=O)CCC(=O)Nc1cn(C)c(C(=O)Nc2cc(C(=O)NCCC(=O)Nc3cn(C)c(C(=O)NCCC(=O)NCCCOCCCN)n3)n(C)c2)n1. The zero-order valence-corrected chi connectivity index (χ0v) is 38.4. The molecular weight excluding hydrogens is 887 g/mol. The molecule has 0 spiro atoms. The summed E-state index contributed by atoms with van der Waals surface area (Å²) in [6, 6.07) is 3.01. The molecule has 26 nitrogen and oxygen atoms in total. The van der Waals surface area contributed by atoms with Gasteiger partial charge in [-0.3, -0.25) is 38.4 Å². The number of nitrogens with one attached hydrogen (secondary N) is 8. The van der Waals surface area contributed by atoms with Gasteiger partial charge in [0.2, 0.25) is 35.3 Å². The summed E-state index contributed by atoms with van der Waals surface area (Å²) in [6.07, 6.45) is 10.2. The second kappa shape index (κ2) is 24.4. The van der Waals surface area contributed by atoms with E-state index in [9.17, 15) is 38.4 Å². The van der Waals surface area contributed by atoms with Gasteiger partial charge in [0, 0.05) is 137 Å². The van der Waals surface area contributed by atoms with Crippen molar-refractivity contribution in [2.24, 2.45) is 41.0 Å². The third-order valence-corrected chi connectivity index (χ3v) is 9.88. The summed E-state index contributed by atoms with van der Waals surface area (Å²) in [5.41, 5.74) is 6.31. The Morgan fingerprint density at radius 2 is 1.07 bits per heavy atom. The van der Waals surface area contributed by atoms with Crippen LogP contribution in [0.3, 0.4) is 0 Å². The van der Waals surface area contributed by atoms with E-state index in [1.807, 2.05) is 0 Å². The van der Waals surface area contributed by atoms with Crippen molar-refractivity contribution in [3.63, 3.8) is 0 Å². The van der Waals surface area contributed by atoms with Gasteiger partial charge < -0.3 is 75.8 Å². The van der Waals surface area contributed by atoms with Crippen molar-refractivity contribution < 1.29 is 43.1 Å². The van der Waals surface area contributed by atoms with Crippen LogP contribution in [0.15, 0.2) is 49.3 Å². The van der Waals surface area contributed by atoms with Crippen molar-refractivity contribution in [1.29, 1.82) is 0 Å². The number of nitrogens with two attached hydrogens (primary N) is 1. The van der Waals surface area contributed by atoms with E-state index in [0.29, 0.717) is 44.2 Å². The quantitative estimate of drug-likeness (QED) is 0.0353. The number of ether oxygens (including phenoxy) is 1. The van der Waals surface area contributed by atoms with Crippen molar-refractivity contribution in [1.82, 2.24) is 53.7 Å². The van der Waals surface area contributed by atoms with Crippen LogP contribution in [0.1, 0.15) is 80.9 Å². The number of carbonyl (C=O) groups is 8. The van der Waals surface area contributed by atoms with Gasteiger partial charge in [0.15, 0.2) is 17.5 Å². The lowest BCUT2D eigenvalue weighted by Gasteiger charge is -2.07. The second-order valence-corrected chi connectivity index (χ2v) is 15.5. The molecule has 0 aliphatic heterocycles. The molecule has 68 heavy (non-hydrogen) atoms. The van der Waals surface area contributed by atoms with Gasteiger partial charge in [-0.05, 0) is 25.5 Å². The van der Waals surface area contributed by atoms with Crippen LogP contribution in [0.4, 0.5) is 28.8 Å². The van der Waals surface area contributed by atoms with E-state index in [1.54, 1.807) is 62.8 Å². The maximum Gasteiger partial charge on any atom is 0.291 e. The summed E-state index contributed by atoms with van der Waals surface area (Å²) in [5, 5.41) is 21.3. The van der Waals surface area contributed by atoms with Crippen molar-refractivity contribution in [2.75, 3.05) is 66.0 Å². The fourth-order valence-corrected chi connectivity index (χ4v) is 6.42. The fraction of sp³-hybridized carbons (Fsp3) is 0.405. The zero-order chi connectivity index (χ0) is 49.3. The van der Waals surface area contributed by atoms with Gasteiger partial charge in [0.05, 0.1) is 11.4 Å². The molecule has 0 unspecified atom stereocenters. The molecule has 0 aromatic carbocycles. The largest absolute Gasteiger partial charge is 0.381 e. The molecule has 5 aromatic rings. The van der Waals surface area contributed by atoms with Gasteiger partial charge >= 0.3 is 0 Å². The topological polar surface area (TPSA) is 331 Å². The predicted octanol–water partition coefficient (Wildman–Crippen LogP) is 0.176. The van der Waals surface area contributed by atoms with Crippen LogP contribution in [-0.4, -0.2) is 124 Å². The van der Waals surface area contributed by atoms with E-state index < -0.39 is 41.4 Å². The first-order valence-electron chi connectivity index (χ1n) is 21.5. The molecule has 0 atom stereocenters. The zero-order valence-electron chi connectivity index (χ0n) is 38.4. The molecule has 0 saturated heterocycles. The molecule has 10 N–H and O–H groups in total. The lowest BCUT2D eigenvalue weighted by Crippen LogP contribution is -2.32. The Labute approximate surface area is 390 Å². The second-order valence-electron chi connectivity index (χ2n) is 15.5. The molecule has 8 amide bonds. The minimum absolute atomic E-state index is 0.0204. The number of hydrogen-bond donors (Lipinski definition) is 9. The highest BCUT2D eigenvalue weighted by Crippen LogP contribution is 2.19. The molecule has 0 bridgehead atoms. The molecule has 0 aliphatic carbocycles. The van der Waals surface area contributed by atoms with Gasteiger partial charge in [-0.25, -0.2) is 15.0 Å². The van der Waals surface area contributed by atoms with Crippen molar-refractivity contribution >= 4 is 76.1 Å². The Balaban J connectivity index is 0.995. The predicted molar refractivity (Wildman–Crippen MR) is 247 cm³/mol. The molecule has 26 heteroatoms. The molecular formula is C42H57N17O9. The first-order chi connectivity index (χ1) is 32.5. The van der Waals surface area contributed by atoms with Gasteiger partial charge in [0.1, 0.15) is 11.5 Å². The highest BCUT2D eigenvalue weighted by Gasteiger charge is 2.21. The van der Waals surface area contributed by atoms with E-state index >= 15 is 0 Å². The normalized spacial score (nSPS) is 10.9. The number of aromatic nitrogens is 8. The van der Waals surface area contributed by atoms with Gasteiger partial charge in [-0.1, -0.05) is 0 Å². The summed E-state index contributed by atoms with van der Waals surface area (Å²) in [6.45, 7) is 2.13. The third kappa shape index (κ3) is 15.0. The number of carbonyl (C=O) groups excluding carboxylic acids is 8. The third-order valence-electron chi connectivity index (χ3n) is 9.88. The number of imidazole rings is 3. The Morgan fingerprint density at radius 3 is 1.71 bits per heavy atom. The summed E-state index contributed by atoms with van der Waals surface area (Å²) < 4.78 is 12.9. The number of hydrogen-bond acceptors (Lipinski definition) is 13. The Bertz CT molecular complexity index is 2620. The average molecular weight is 944 g/mol. The van der Waals surface area contributed by atoms with Gasteiger partial charge in [0.25, 0.3) is 23.6 Å². The summed E-state index contributed by atoms with van der Waals surface area (Å²) in [5.74, 6) is -3.00. The van der Waals surface area contributed by atoms with E-state index in [0.717, 1.165) is 6.42 Å². The fourth-order valence-electron chi connectivity index (χ4n) is 6.42. The number of amides is 8. The molecule has 5 heterocycles. The maximum atomic E-state index is 13.2. The Kier molecular flexibility index (Phi) is 18.3. The lowest BCUT2D eigenvalue weighted by molar-refractivity contribution is -0.121. The molecule has 5 aromatic heterocycles. The van der Waals surface area contributed by atoms with Gasteiger partial charge in [-0.15, -0.1) is 0 Å². The van der Waals surface area contributed by atoms with Crippen LogP contribution in [0, 0.1) is 0 Å². The Morgan fingerprint density at radius 1 is 0.529 bits per heavy atom.